The van der Waals surface area contributed by atoms with E-state index in [1.54, 1.807) is 0 Å². The van der Waals surface area contributed by atoms with Crippen LogP contribution in [0, 0.1) is 0 Å². The molecular formula is C8H8Br2O2. The zero-order valence-corrected chi connectivity index (χ0v) is 9.47. The number of hydrogen-bond donors (Lipinski definition) is 0. The summed E-state index contributed by atoms with van der Waals surface area (Å²) < 4.78 is 10.4. The van der Waals surface area contributed by atoms with Crippen LogP contribution in [0.4, 0.5) is 0 Å². The Morgan fingerprint density at radius 3 is 1.42 bits per heavy atom. The normalized spacial score (nSPS) is 9.50. The van der Waals surface area contributed by atoms with E-state index in [0.29, 0.717) is 11.0 Å². The van der Waals surface area contributed by atoms with Crippen molar-refractivity contribution in [2.75, 3.05) is 11.0 Å². The summed E-state index contributed by atoms with van der Waals surface area (Å²) in [5, 5.41) is 0. The molecule has 0 aliphatic rings. The van der Waals surface area contributed by atoms with Crippen LogP contribution >= 0.6 is 31.9 Å². The Morgan fingerprint density at radius 1 is 0.833 bits per heavy atom. The minimum absolute atomic E-state index is 0.506. The zero-order chi connectivity index (χ0) is 8.81. The smallest absolute Gasteiger partial charge is 0.143 e. The van der Waals surface area contributed by atoms with Gasteiger partial charge in [0.25, 0.3) is 0 Å². The topological polar surface area (TPSA) is 18.5 Å². The molecule has 0 radical (unpaired) electrons. The Balaban J connectivity index is 2.58. The quantitative estimate of drug-likeness (QED) is 0.795. The lowest BCUT2D eigenvalue weighted by molar-refractivity contribution is 0.387. The van der Waals surface area contributed by atoms with Crippen LogP contribution in [0.1, 0.15) is 0 Å². The van der Waals surface area contributed by atoms with Gasteiger partial charge in [-0.05, 0) is 56.1 Å². The molecule has 4 heteroatoms. The summed E-state index contributed by atoms with van der Waals surface area (Å²) in [7, 11) is 0. The highest BCUT2D eigenvalue weighted by Gasteiger charge is 1.93. The number of rotatable bonds is 4. The summed E-state index contributed by atoms with van der Waals surface area (Å²) >= 11 is 6.35. The van der Waals surface area contributed by atoms with Crippen LogP contribution in [0.2, 0.25) is 0 Å². The maximum Gasteiger partial charge on any atom is 0.143 e. The van der Waals surface area contributed by atoms with Crippen molar-refractivity contribution < 1.29 is 9.47 Å². The van der Waals surface area contributed by atoms with Gasteiger partial charge < -0.3 is 9.47 Å². The van der Waals surface area contributed by atoms with Gasteiger partial charge in [0, 0.05) is 0 Å². The van der Waals surface area contributed by atoms with E-state index in [-0.39, 0.29) is 0 Å². The summed E-state index contributed by atoms with van der Waals surface area (Å²) in [5.41, 5.74) is 1.01. The van der Waals surface area contributed by atoms with E-state index in [1.165, 1.54) is 0 Å². The first-order valence-electron chi connectivity index (χ1n) is 3.34. The molecule has 0 aromatic heterocycles. The third kappa shape index (κ3) is 3.03. The van der Waals surface area contributed by atoms with Gasteiger partial charge in [0.05, 0.1) is 0 Å². The molecule has 12 heavy (non-hydrogen) atoms. The number of hydrogen-bond acceptors (Lipinski definition) is 2. The van der Waals surface area contributed by atoms with Crippen molar-refractivity contribution in [3.8, 4) is 11.5 Å². The van der Waals surface area contributed by atoms with Crippen molar-refractivity contribution in [1.29, 1.82) is 0 Å². The molecule has 0 unspecified atom stereocenters. The number of ether oxygens (including phenoxy) is 2. The lowest BCUT2D eigenvalue weighted by Crippen LogP contribution is -1.90. The van der Waals surface area contributed by atoms with Gasteiger partial charge in [-0.15, -0.1) is 0 Å². The van der Waals surface area contributed by atoms with E-state index in [9.17, 15) is 0 Å². The number of halogens is 2. The van der Waals surface area contributed by atoms with Crippen LogP contribution in [0.5, 0.6) is 11.5 Å². The van der Waals surface area contributed by atoms with Crippen molar-refractivity contribution in [3.05, 3.63) is 24.3 Å². The van der Waals surface area contributed by atoms with E-state index in [4.69, 9.17) is 9.47 Å². The molecule has 0 aliphatic carbocycles. The van der Waals surface area contributed by atoms with E-state index in [0.717, 1.165) is 11.5 Å². The second-order valence-corrected chi connectivity index (χ2v) is 2.89. The molecule has 1 rings (SSSR count). The van der Waals surface area contributed by atoms with Gasteiger partial charge in [0.1, 0.15) is 22.5 Å². The predicted octanol–water partition coefficient (Wildman–Crippen LogP) is 3.15. The van der Waals surface area contributed by atoms with E-state index >= 15 is 0 Å². The van der Waals surface area contributed by atoms with Crippen molar-refractivity contribution in [3.63, 3.8) is 0 Å². The minimum Gasteiger partial charge on any atom is -0.482 e. The zero-order valence-electron chi connectivity index (χ0n) is 6.30. The molecule has 66 valence electrons. The van der Waals surface area contributed by atoms with Crippen LogP contribution in [-0.4, -0.2) is 11.0 Å². The first-order chi connectivity index (χ1) is 5.86. The maximum absolute atomic E-state index is 5.19. The number of benzene rings is 1. The molecule has 2 nitrogen and oxygen atoms in total. The molecule has 0 amide bonds. The highest BCUT2D eigenvalue weighted by molar-refractivity contribution is 9.09. The fourth-order valence-corrected chi connectivity index (χ4v) is 1.29. The van der Waals surface area contributed by atoms with Crippen molar-refractivity contribution in [2.45, 2.75) is 0 Å². The fourth-order valence-electron chi connectivity index (χ4n) is 0.758. The summed E-state index contributed by atoms with van der Waals surface area (Å²) in [6.07, 6.45) is 0. The van der Waals surface area contributed by atoms with Gasteiger partial charge in [-0.2, -0.15) is 0 Å². The van der Waals surface area contributed by atoms with E-state index in [2.05, 4.69) is 31.9 Å². The Labute approximate surface area is 88.1 Å². The molecule has 0 atom stereocenters. The second-order valence-electron chi connectivity index (χ2n) is 1.98. The molecule has 0 fully saturated rings. The summed E-state index contributed by atoms with van der Waals surface area (Å²) in [6.45, 7) is 0. The lowest BCUT2D eigenvalue weighted by Gasteiger charge is -2.03. The van der Waals surface area contributed by atoms with Crippen molar-refractivity contribution >= 4 is 31.9 Å². The van der Waals surface area contributed by atoms with Crippen LogP contribution in [0.3, 0.4) is 0 Å². The highest BCUT2D eigenvalue weighted by Crippen LogP contribution is 2.18. The van der Waals surface area contributed by atoms with Crippen LogP contribution < -0.4 is 9.47 Å². The monoisotopic (exact) mass is 294 g/mol. The second kappa shape index (κ2) is 5.43. The minimum atomic E-state index is 0.506. The average molecular weight is 296 g/mol. The largest absolute Gasteiger partial charge is 0.482 e. The van der Waals surface area contributed by atoms with Gasteiger partial charge in [0.2, 0.25) is 0 Å². The maximum atomic E-state index is 5.19. The predicted molar refractivity (Wildman–Crippen MR) is 55.3 cm³/mol. The SMILES string of the molecule is BrCOc1ccc(OCBr)cc1. The van der Waals surface area contributed by atoms with Crippen LogP contribution in [-0.2, 0) is 0 Å². The molecule has 0 N–H and O–H groups in total. The van der Waals surface area contributed by atoms with Gasteiger partial charge in [-0.1, -0.05) is 0 Å². The molecule has 0 aliphatic heterocycles. The summed E-state index contributed by atoms with van der Waals surface area (Å²) in [5.74, 6) is 1.66. The first-order valence-corrected chi connectivity index (χ1v) is 5.58. The first kappa shape index (κ1) is 9.86. The van der Waals surface area contributed by atoms with Crippen LogP contribution in [0.25, 0.3) is 0 Å². The van der Waals surface area contributed by atoms with Gasteiger partial charge in [0.15, 0.2) is 0 Å². The molecule has 0 saturated heterocycles. The Bertz CT molecular complexity index is 198. The third-order valence-electron chi connectivity index (χ3n) is 1.27. The number of alkyl halides is 2. The molecule has 0 heterocycles. The Morgan fingerprint density at radius 2 is 1.17 bits per heavy atom. The van der Waals surface area contributed by atoms with Crippen molar-refractivity contribution in [2.24, 2.45) is 0 Å². The van der Waals surface area contributed by atoms with Gasteiger partial charge in [-0.3, -0.25) is 0 Å². The van der Waals surface area contributed by atoms with Gasteiger partial charge >= 0.3 is 0 Å². The summed E-state index contributed by atoms with van der Waals surface area (Å²) in [6, 6.07) is 7.44. The average Bonchev–Trinajstić information content (AvgIpc) is 2.09. The molecular weight excluding hydrogens is 288 g/mol. The molecule has 0 bridgehead atoms. The molecule has 1 aromatic carbocycles. The highest BCUT2D eigenvalue weighted by atomic mass is 79.9. The molecule has 0 saturated carbocycles. The fraction of sp³-hybridized carbons (Fsp3) is 0.250. The standard InChI is InChI=1S/C8H8Br2O2/c9-5-11-7-1-2-8(4-3-7)12-6-10/h1-4H,5-6H2. The van der Waals surface area contributed by atoms with Gasteiger partial charge in [-0.25, -0.2) is 0 Å². The van der Waals surface area contributed by atoms with Crippen molar-refractivity contribution in [1.82, 2.24) is 0 Å². The third-order valence-corrected chi connectivity index (χ3v) is 1.72. The van der Waals surface area contributed by atoms with Crippen LogP contribution in [0.15, 0.2) is 24.3 Å². The van der Waals surface area contributed by atoms with E-state index in [1.807, 2.05) is 24.3 Å². The Hall–Kier alpha value is -0.220. The van der Waals surface area contributed by atoms with E-state index < -0.39 is 0 Å². The molecule has 1 aromatic rings. The Kier molecular flexibility index (Phi) is 4.46. The summed E-state index contributed by atoms with van der Waals surface area (Å²) in [4.78, 5) is 0. The lowest BCUT2D eigenvalue weighted by atomic mass is 10.3. The molecule has 0 spiro atoms.